The van der Waals surface area contributed by atoms with Crippen LogP contribution in [0.2, 0.25) is 0 Å². The molecule has 0 radical (unpaired) electrons. The molecule has 0 saturated heterocycles. The third-order valence-electron chi connectivity index (χ3n) is 6.73. The van der Waals surface area contributed by atoms with Crippen LogP contribution < -0.4 is 5.32 Å². The monoisotopic (exact) mass is 529 g/mol. The van der Waals surface area contributed by atoms with Gasteiger partial charge < -0.3 is 10.4 Å². The van der Waals surface area contributed by atoms with Gasteiger partial charge in [0.25, 0.3) is 5.91 Å². The predicted molar refractivity (Wildman–Crippen MR) is 133 cm³/mol. The Kier molecular flexibility index (Phi) is 8.77. The van der Waals surface area contributed by atoms with Crippen molar-refractivity contribution in [2.45, 2.75) is 57.9 Å². The number of nitrogens with zero attached hydrogens (tertiary/aromatic N) is 4. The first-order valence-corrected chi connectivity index (χ1v) is 12.6. The summed E-state index contributed by atoms with van der Waals surface area (Å²) in [4.78, 5) is 29.1. The second-order valence-electron chi connectivity index (χ2n) is 9.55. The van der Waals surface area contributed by atoms with Crippen LogP contribution in [0.15, 0.2) is 54.9 Å². The smallest absolute Gasteiger partial charge is 0.475 e. The van der Waals surface area contributed by atoms with Gasteiger partial charge in [0, 0.05) is 37.9 Å². The molecule has 1 aliphatic carbocycles. The van der Waals surface area contributed by atoms with Gasteiger partial charge >= 0.3 is 12.1 Å². The average molecular weight is 530 g/mol. The molecular formula is C27H30F3N5O3. The van der Waals surface area contributed by atoms with E-state index in [-0.39, 0.29) is 5.91 Å². The lowest BCUT2D eigenvalue weighted by Gasteiger charge is -2.28. The predicted octanol–water partition coefficient (Wildman–Crippen LogP) is 4.73. The maximum atomic E-state index is 13.1. The Labute approximate surface area is 218 Å². The number of carbonyl (C=O) groups is 2. The number of carboxylic acid groups (broad SMARTS) is 1. The fourth-order valence-electron chi connectivity index (χ4n) is 4.89. The van der Waals surface area contributed by atoms with Crippen LogP contribution in [-0.4, -0.2) is 49.4 Å². The lowest BCUT2D eigenvalue weighted by Crippen LogP contribution is -2.31. The molecule has 0 spiro atoms. The van der Waals surface area contributed by atoms with Crippen molar-refractivity contribution in [1.29, 1.82) is 0 Å². The van der Waals surface area contributed by atoms with Crippen LogP contribution in [-0.2, 0) is 24.4 Å². The molecule has 5 rings (SSSR count). The quantitative estimate of drug-likeness (QED) is 0.496. The van der Waals surface area contributed by atoms with Crippen molar-refractivity contribution in [3.05, 3.63) is 77.2 Å². The van der Waals surface area contributed by atoms with Crippen LogP contribution in [0.3, 0.4) is 0 Å². The fraction of sp³-hybridized carbons (Fsp3) is 0.407. The van der Waals surface area contributed by atoms with E-state index in [0.29, 0.717) is 18.7 Å². The number of amides is 1. The van der Waals surface area contributed by atoms with E-state index in [0.717, 1.165) is 41.6 Å². The molecule has 8 nitrogen and oxygen atoms in total. The minimum atomic E-state index is -5.08. The van der Waals surface area contributed by atoms with Gasteiger partial charge in [0.05, 0.1) is 17.5 Å². The Hall–Kier alpha value is -3.73. The van der Waals surface area contributed by atoms with E-state index in [1.165, 1.54) is 32.1 Å². The molecule has 11 heteroatoms. The van der Waals surface area contributed by atoms with Crippen molar-refractivity contribution < 1.29 is 27.9 Å². The highest BCUT2D eigenvalue weighted by atomic mass is 19.4. The van der Waals surface area contributed by atoms with Crippen LogP contribution >= 0.6 is 0 Å². The number of rotatable bonds is 5. The summed E-state index contributed by atoms with van der Waals surface area (Å²) in [7, 11) is 0. The first-order chi connectivity index (χ1) is 18.2. The molecule has 2 aromatic heterocycles. The Morgan fingerprint density at radius 2 is 1.74 bits per heavy atom. The molecule has 3 heterocycles. The number of aromatic nitrogens is 3. The zero-order valence-corrected chi connectivity index (χ0v) is 20.8. The zero-order chi connectivity index (χ0) is 27.1. The van der Waals surface area contributed by atoms with Crippen LogP contribution in [0.5, 0.6) is 0 Å². The van der Waals surface area contributed by atoms with Gasteiger partial charge in [-0.3, -0.25) is 9.69 Å². The van der Waals surface area contributed by atoms with Gasteiger partial charge in [0.1, 0.15) is 0 Å². The van der Waals surface area contributed by atoms with Gasteiger partial charge in [-0.1, -0.05) is 55.7 Å². The van der Waals surface area contributed by atoms with Crippen molar-refractivity contribution in [2.75, 3.05) is 6.54 Å². The molecule has 1 amide bonds. The van der Waals surface area contributed by atoms with Crippen molar-refractivity contribution in [3.63, 3.8) is 0 Å². The summed E-state index contributed by atoms with van der Waals surface area (Å²) in [5.74, 6) is -1.26. The summed E-state index contributed by atoms with van der Waals surface area (Å²) >= 11 is 0. The zero-order valence-electron chi connectivity index (χ0n) is 20.8. The molecule has 1 aliphatic heterocycles. The summed E-state index contributed by atoms with van der Waals surface area (Å²) < 4.78 is 33.6. The first kappa shape index (κ1) is 27.3. The Morgan fingerprint density at radius 3 is 2.42 bits per heavy atom. The van der Waals surface area contributed by atoms with E-state index in [2.05, 4.69) is 26.4 Å². The SMILES string of the molecule is O=C(NCc1ccccc1)c1cnn2c1CN(CC1CCCCC1)Cc1cccnc1-2.O=C(O)C(F)(F)F. The third-order valence-corrected chi connectivity index (χ3v) is 6.73. The lowest BCUT2D eigenvalue weighted by atomic mass is 9.89. The van der Waals surface area contributed by atoms with Gasteiger partial charge in [-0.05, 0) is 30.4 Å². The normalized spacial score (nSPS) is 15.9. The number of pyridine rings is 1. The maximum Gasteiger partial charge on any atom is 0.490 e. The number of benzene rings is 1. The van der Waals surface area contributed by atoms with E-state index in [9.17, 15) is 18.0 Å². The van der Waals surface area contributed by atoms with Crippen molar-refractivity contribution in [2.24, 2.45) is 5.92 Å². The molecule has 1 aromatic carbocycles. The molecule has 3 aromatic rings. The summed E-state index contributed by atoms with van der Waals surface area (Å²) in [6.45, 7) is 3.12. The number of fused-ring (bicyclic) bond motifs is 3. The highest BCUT2D eigenvalue weighted by molar-refractivity contribution is 5.95. The molecule has 2 aliphatic rings. The number of aliphatic carboxylic acids is 1. The third kappa shape index (κ3) is 6.97. The van der Waals surface area contributed by atoms with Gasteiger partial charge in [0.15, 0.2) is 5.82 Å². The summed E-state index contributed by atoms with van der Waals surface area (Å²) in [5, 5.41) is 14.8. The number of halogens is 3. The lowest BCUT2D eigenvalue weighted by molar-refractivity contribution is -0.192. The second kappa shape index (κ2) is 12.2. The summed E-state index contributed by atoms with van der Waals surface area (Å²) in [6.07, 6.45) is 5.06. The van der Waals surface area contributed by atoms with Gasteiger partial charge in [-0.15, -0.1) is 0 Å². The molecular weight excluding hydrogens is 499 g/mol. The van der Waals surface area contributed by atoms with Crippen molar-refractivity contribution >= 4 is 11.9 Å². The van der Waals surface area contributed by atoms with E-state index >= 15 is 0 Å². The van der Waals surface area contributed by atoms with Crippen LogP contribution in [0.4, 0.5) is 13.2 Å². The second-order valence-corrected chi connectivity index (χ2v) is 9.55. The molecule has 38 heavy (non-hydrogen) atoms. The average Bonchev–Trinajstić information content (AvgIpc) is 3.25. The first-order valence-electron chi connectivity index (χ1n) is 12.6. The topological polar surface area (TPSA) is 100 Å². The minimum Gasteiger partial charge on any atom is -0.475 e. The number of hydrogen-bond donors (Lipinski definition) is 2. The Morgan fingerprint density at radius 1 is 1.03 bits per heavy atom. The van der Waals surface area contributed by atoms with Gasteiger partial charge in [-0.2, -0.15) is 18.3 Å². The van der Waals surface area contributed by atoms with Gasteiger partial charge in [-0.25, -0.2) is 14.5 Å². The fourth-order valence-corrected chi connectivity index (χ4v) is 4.89. The summed E-state index contributed by atoms with van der Waals surface area (Å²) in [5.41, 5.74) is 3.82. The number of carboxylic acids is 1. The molecule has 202 valence electrons. The number of alkyl halides is 3. The molecule has 1 saturated carbocycles. The standard InChI is InChI=1S/C25H29N5O.C2HF3O2/c31-25(27-14-19-8-3-1-4-9-19)22-15-28-30-23(22)18-29(16-20-10-5-2-6-11-20)17-21-12-7-13-26-24(21)30;3-2(4,5)1(6)7/h1,3-4,7-9,12-13,15,20H,2,5-6,10-11,14,16-18H2,(H,27,31);(H,6,7). The summed E-state index contributed by atoms with van der Waals surface area (Å²) in [6, 6.07) is 14.1. The highest BCUT2D eigenvalue weighted by Crippen LogP contribution is 2.29. The Balaban J connectivity index is 0.000000426. The molecule has 1 fully saturated rings. The van der Waals surface area contributed by atoms with E-state index < -0.39 is 12.1 Å². The van der Waals surface area contributed by atoms with E-state index in [4.69, 9.17) is 9.90 Å². The Bertz CT molecular complexity index is 1240. The largest absolute Gasteiger partial charge is 0.490 e. The van der Waals surface area contributed by atoms with Crippen molar-refractivity contribution in [3.8, 4) is 5.82 Å². The number of carbonyl (C=O) groups excluding carboxylic acids is 1. The van der Waals surface area contributed by atoms with Crippen LogP contribution in [0.25, 0.3) is 5.82 Å². The van der Waals surface area contributed by atoms with E-state index in [1.54, 1.807) is 12.4 Å². The van der Waals surface area contributed by atoms with E-state index in [1.807, 2.05) is 41.1 Å². The molecule has 2 N–H and O–H groups in total. The molecule has 0 atom stereocenters. The number of hydrogen-bond acceptors (Lipinski definition) is 5. The minimum absolute atomic E-state index is 0.0814. The maximum absolute atomic E-state index is 13.1. The van der Waals surface area contributed by atoms with Gasteiger partial charge in [0.2, 0.25) is 0 Å². The molecule has 0 bridgehead atoms. The van der Waals surface area contributed by atoms with Crippen molar-refractivity contribution in [1.82, 2.24) is 25.0 Å². The number of nitrogens with one attached hydrogen (secondary N) is 1. The van der Waals surface area contributed by atoms with Crippen LogP contribution in [0, 0.1) is 5.92 Å². The molecule has 0 unspecified atom stereocenters. The highest BCUT2D eigenvalue weighted by Gasteiger charge is 2.38. The van der Waals surface area contributed by atoms with Crippen LogP contribution in [0.1, 0.15) is 59.3 Å².